The molecule has 19 heavy (non-hydrogen) atoms. The van der Waals surface area contributed by atoms with Crippen LogP contribution in [0.1, 0.15) is 11.3 Å². The van der Waals surface area contributed by atoms with Crippen molar-refractivity contribution in [3.63, 3.8) is 0 Å². The van der Waals surface area contributed by atoms with E-state index >= 15 is 0 Å². The van der Waals surface area contributed by atoms with Gasteiger partial charge < -0.3 is 10.2 Å². The van der Waals surface area contributed by atoms with E-state index in [1.165, 1.54) is 18.3 Å². The van der Waals surface area contributed by atoms with Gasteiger partial charge >= 0.3 is 5.88 Å². The molecule has 0 saturated carbocycles. The van der Waals surface area contributed by atoms with Gasteiger partial charge in [0.05, 0.1) is 12.3 Å². The maximum atomic E-state index is 10.4. The summed E-state index contributed by atoms with van der Waals surface area (Å²) in [4.78, 5) is 9.77. The van der Waals surface area contributed by atoms with Gasteiger partial charge in [-0.05, 0) is 6.07 Å². The molecule has 0 saturated heterocycles. The lowest BCUT2D eigenvalue weighted by molar-refractivity contribution is -0.402. The van der Waals surface area contributed by atoms with Crippen LogP contribution in [0.2, 0.25) is 0 Å². The van der Waals surface area contributed by atoms with Gasteiger partial charge in [-0.15, -0.1) is 5.10 Å². The molecule has 7 nitrogen and oxygen atoms in total. The Labute approximate surface area is 108 Å². The summed E-state index contributed by atoms with van der Waals surface area (Å²) in [5.74, 6) is 0.135. The molecule has 0 unspecified atom stereocenters. The average Bonchev–Trinajstić information content (AvgIpc) is 2.89. The van der Waals surface area contributed by atoms with Gasteiger partial charge in [-0.1, -0.05) is 30.3 Å². The summed E-state index contributed by atoms with van der Waals surface area (Å²) in [6.07, 6.45) is 1.25. The highest BCUT2D eigenvalue weighted by atomic mass is 16.6. The monoisotopic (exact) mass is 258 g/mol. The summed E-state index contributed by atoms with van der Waals surface area (Å²) in [7, 11) is 0. The van der Waals surface area contributed by atoms with Crippen molar-refractivity contribution in [2.75, 3.05) is 0 Å². The lowest BCUT2D eigenvalue weighted by Gasteiger charge is -1.95. The van der Waals surface area contributed by atoms with Crippen LogP contribution >= 0.6 is 0 Å². The third-order valence-electron chi connectivity index (χ3n) is 2.21. The van der Waals surface area contributed by atoms with Gasteiger partial charge in [0.15, 0.2) is 11.6 Å². The second-order valence-electron chi connectivity index (χ2n) is 3.53. The van der Waals surface area contributed by atoms with Gasteiger partial charge in [0.25, 0.3) is 0 Å². The number of nitrogens with zero attached hydrogens (tertiary/aromatic N) is 3. The highest BCUT2D eigenvalue weighted by Crippen LogP contribution is 2.13. The Morgan fingerprint density at radius 2 is 2.00 bits per heavy atom. The fraction of sp³-hybridized carbons (Fsp3) is 0. The molecule has 0 bridgehead atoms. The molecule has 2 aromatic rings. The van der Waals surface area contributed by atoms with Crippen molar-refractivity contribution in [3.8, 4) is 0 Å². The van der Waals surface area contributed by atoms with Crippen LogP contribution in [0.3, 0.4) is 0 Å². The Hall–Kier alpha value is -2.96. The summed E-state index contributed by atoms with van der Waals surface area (Å²) >= 11 is 0. The molecule has 1 heterocycles. The molecule has 2 N–H and O–H groups in total. The van der Waals surface area contributed by atoms with E-state index in [1.807, 2.05) is 18.2 Å². The van der Waals surface area contributed by atoms with Crippen molar-refractivity contribution in [2.24, 2.45) is 15.9 Å². The zero-order chi connectivity index (χ0) is 13.7. The van der Waals surface area contributed by atoms with Crippen molar-refractivity contribution >= 4 is 17.9 Å². The minimum atomic E-state index is -0.626. The standard InChI is InChI=1S/C12H10N4O3/c13-12(9-4-2-1-3-5-9)15-14-8-10-6-7-11(19-10)16(17)18/h1-8H,(H2,13,15)/b14-8+. The molecule has 1 aromatic carbocycles. The van der Waals surface area contributed by atoms with Crippen LogP contribution in [0.15, 0.2) is 57.1 Å². The quantitative estimate of drug-likeness (QED) is 0.391. The minimum Gasteiger partial charge on any atom is -0.400 e. The van der Waals surface area contributed by atoms with Crippen LogP contribution in [-0.2, 0) is 0 Å². The summed E-state index contributed by atoms with van der Waals surface area (Å²) in [5, 5.41) is 17.9. The predicted octanol–water partition coefficient (Wildman–Crippen LogP) is 1.93. The third-order valence-corrected chi connectivity index (χ3v) is 2.21. The van der Waals surface area contributed by atoms with E-state index in [0.717, 1.165) is 5.56 Å². The van der Waals surface area contributed by atoms with E-state index in [4.69, 9.17) is 10.2 Å². The number of hydrogen-bond acceptors (Lipinski definition) is 5. The van der Waals surface area contributed by atoms with Crippen molar-refractivity contribution in [3.05, 3.63) is 63.9 Å². The number of hydrogen-bond donors (Lipinski definition) is 1. The molecule has 0 aliphatic heterocycles. The van der Waals surface area contributed by atoms with E-state index in [0.29, 0.717) is 0 Å². The van der Waals surface area contributed by atoms with Crippen LogP contribution in [0.25, 0.3) is 0 Å². The molecule has 0 aliphatic carbocycles. The highest BCUT2D eigenvalue weighted by Gasteiger charge is 2.09. The number of rotatable bonds is 4. The first kappa shape index (κ1) is 12.5. The zero-order valence-corrected chi connectivity index (χ0v) is 9.76. The number of furan rings is 1. The van der Waals surface area contributed by atoms with Crippen molar-refractivity contribution in [1.82, 2.24) is 0 Å². The van der Waals surface area contributed by atoms with Crippen LogP contribution in [-0.4, -0.2) is 17.0 Å². The fourth-order valence-electron chi connectivity index (χ4n) is 1.32. The highest BCUT2D eigenvalue weighted by molar-refractivity contribution is 5.97. The van der Waals surface area contributed by atoms with E-state index in [2.05, 4.69) is 10.2 Å². The molecule has 0 aliphatic rings. The Kier molecular flexibility index (Phi) is 3.67. The van der Waals surface area contributed by atoms with Gasteiger partial charge in [0.2, 0.25) is 0 Å². The van der Waals surface area contributed by atoms with Gasteiger partial charge in [0.1, 0.15) is 4.92 Å². The molecule has 0 atom stereocenters. The van der Waals surface area contributed by atoms with Crippen molar-refractivity contribution < 1.29 is 9.34 Å². The molecule has 0 fully saturated rings. The van der Waals surface area contributed by atoms with Crippen molar-refractivity contribution in [1.29, 1.82) is 0 Å². The third kappa shape index (κ3) is 3.25. The summed E-state index contributed by atoms with van der Waals surface area (Å²) < 4.78 is 4.87. The molecular weight excluding hydrogens is 248 g/mol. The summed E-state index contributed by atoms with van der Waals surface area (Å²) in [5.41, 5.74) is 6.45. The average molecular weight is 258 g/mol. The Balaban J connectivity index is 2.08. The first-order valence-corrected chi connectivity index (χ1v) is 5.33. The Bertz CT molecular complexity index is 631. The zero-order valence-electron chi connectivity index (χ0n) is 9.76. The smallest absolute Gasteiger partial charge is 0.400 e. The molecule has 96 valence electrons. The molecule has 0 radical (unpaired) electrons. The van der Waals surface area contributed by atoms with Crippen LogP contribution in [0.4, 0.5) is 5.88 Å². The van der Waals surface area contributed by atoms with E-state index < -0.39 is 4.92 Å². The Morgan fingerprint density at radius 1 is 1.26 bits per heavy atom. The molecule has 0 amide bonds. The fourth-order valence-corrected chi connectivity index (χ4v) is 1.32. The first-order chi connectivity index (χ1) is 9.16. The maximum absolute atomic E-state index is 10.4. The maximum Gasteiger partial charge on any atom is 0.433 e. The molecular formula is C12H10N4O3. The van der Waals surface area contributed by atoms with Gasteiger partial charge in [-0.3, -0.25) is 10.1 Å². The molecule has 7 heteroatoms. The van der Waals surface area contributed by atoms with E-state index in [9.17, 15) is 10.1 Å². The topological polar surface area (TPSA) is 107 Å². The van der Waals surface area contributed by atoms with Crippen LogP contribution in [0, 0.1) is 10.1 Å². The van der Waals surface area contributed by atoms with E-state index in [1.54, 1.807) is 12.1 Å². The predicted molar refractivity (Wildman–Crippen MR) is 70.1 cm³/mol. The van der Waals surface area contributed by atoms with Crippen molar-refractivity contribution in [2.45, 2.75) is 0 Å². The number of benzene rings is 1. The minimum absolute atomic E-state index is 0.233. The lowest BCUT2D eigenvalue weighted by Crippen LogP contribution is -2.12. The molecule has 2 rings (SSSR count). The van der Waals surface area contributed by atoms with Crippen LogP contribution < -0.4 is 5.73 Å². The van der Waals surface area contributed by atoms with Gasteiger partial charge in [-0.2, -0.15) is 5.10 Å². The second kappa shape index (κ2) is 5.58. The molecule has 0 spiro atoms. The number of nitrogens with two attached hydrogens (primary N) is 1. The van der Waals surface area contributed by atoms with Gasteiger partial charge in [0, 0.05) is 5.56 Å². The number of amidine groups is 1. The first-order valence-electron chi connectivity index (χ1n) is 5.33. The van der Waals surface area contributed by atoms with Crippen LogP contribution in [0.5, 0.6) is 0 Å². The Morgan fingerprint density at radius 3 is 2.63 bits per heavy atom. The van der Waals surface area contributed by atoms with E-state index in [-0.39, 0.29) is 17.5 Å². The lowest BCUT2D eigenvalue weighted by atomic mass is 10.2. The number of nitro groups is 1. The normalized spacial score (nSPS) is 11.9. The second-order valence-corrected chi connectivity index (χ2v) is 3.53. The largest absolute Gasteiger partial charge is 0.433 e. The molecule has 1 aromatic heterocycles. The van der Waals surface area contributed by atoms with Gasteiger partial charge in [-0.25, -0.2) is 0 Å². The summed E-state index contributed by atoms with van der Waals surface area (Å²) in [6, 6.07) is 11.8. The SMILES string of the molecule is N/C(=N\N=C\c1ccc([N+](=O)[O-])o1)c1ccccc1. The summed E-state index contributed by atoms with van der Waals surface area (Å²) in [6.45, 7) is 0.